The molecule has 0 saturated carbocycles. The second-order valence-electron chi connectivity index (χ2n) is 4.87. The van der Waals surface area contributed by atoms with Gasteiger partial charge in [0.15, 0.2) is 16.6 Å². The van der Waals surface area contributed by atoms with Crippen molar-refractivity contribution >= 4 is 22.4 Å². The molecule has 0 aliphatic carbocycles. The van der Waals surface area contributed by atoms with Crippen LogP contribution >= 0.6 is 11.5 Å². The fourth-order valence-electron chi connectivity index (χ4n) is 2.28. The fraction of sp³-hybridized carbons (Fsp3) is 0.750. The van der Waals surface area contributed by atoms with E-state index in [0.717, 1.165) is 35.7 Å². The second kappa shape index (κ2) is 5.12. The highest BCUT2D eigenvalue weighted by Crippen LogP contribution is 2.41. The molecule has 2 heterocycles. The quantitative estimate of drug-likeness (QED) is 0.898. The van der Waals surface area contributed by atoms with Crippen LogP contribution < -0.4 is 15.4 Å². The van der Waals surface area contributed by atoms with Gasteiger partial charge in [-0.1, -0.05) is 13.8 Å². The first-order chi connectivity index (χ1) is 8.13. The Balaban J connectivity index is 2.13. The normalized spacial score (nSPS) is 20.2. The molecule has 0 bridgehead atoms. The molecule has 96 valence electrons. The fourth-order valence-corrected chi connectivity index (χ4v) is 3.08. The molecule has 1 aromatic rings. The highest BCUT2D eigenvalue weighted by molar-refractivity contribution is 7.11. The molecule has 1 aliphatic heterocycles. The van der Waals surface area contributed by atoms with Gasteiger partial charge in [0.05, 0.1) is 6.61 Å². The summed E-state index contributed by atoms with van der Waals surface area (Å²) in [5.74, 6) is 2.82. The van der Waals surface area contributed by atoms with E-state index in [1.807, 2.05) is 6.92 Å². The maximum Gasteiger partial charge on any atom is 0.197 e. The number of anilines is 2. The average Bonchev–Trinajstić information content (AvgIpc) is 2.87. The van der Waals surface area contributed by atoms with Gasteiger partial charge in [-0.05, 0) is 36.7 Å². The molecule has 1 atom stereocenters. The molecule has 2 rings (SSSR count). The van der Waals surface area contributed by atoms with E-state index in [4.69, 9.17) is 10.5 Å². The van der Waals surface area contributed by atoms with Gasteiger partial charge in [0.25, 0.3) is 0 Å². The van der Waals surface area contributed by atoms with Gasteiger partial charge in [-0.15, -0.1) is 0 Å². The zero-order chi connectivity index (χ0) is 12.4. The Morgan fingerprint density at radius 3 is 2.94 bits per heavy atom. The lowest BCUT2D eigenvalue weighted by Crippen LogP contribution is -2.20. The molecule has 1 unspecified atom stereocenters. The maximum absolute atomic E-state index is 5.84. The minimum atomic E-state index is 0.528. The molecular weight excluding hydrogens is 234 g/mol. The summed E-state index contributed by atoms with van der Waals surface area (Å²) in [5.41, 5.74) is 5.84. The average molecular weight is 255 g/mol. The third kappa shape index (κ3) is 2.49. The van der Waals surface area contributed by atoms with E-state index in [1.54, 1.807) is 0 Å². The van der Waals surface area contributed by atoms with Crippen LogP contribution in [0, 0.1) is 11.8 Å². The lowest BCUT2D eigenvalue weighted by Gasteiger charge is -2.19. The van der Waals surface area contributed by atoms with Gasteiger partial charge in [0.1, 0.15) is 0 Å². The standard InChI is InChI=1S/C12H21N3OS/c1-4-16-10-11(13)14-17-12(10)15-6-5-9(7-15)8(2)3/h8-9H,4-7H2,1-3H3,(H2,13,14). The van der Waals surface area contributed by atoms with E-state index in [1.165, 1.54) is 18.0 Å². The van der Waals surface area contributed by atoms with Crippen molar-refractivity contribution in [3.8, 4) is 5.75 Å². The van der Waals surface area contributed by atoms with Crippen molar-refractivity contribution in [3.05, 3.63) is 0 Å². The summed E-state index contributed by atoms with van der Waals surface area (Å²) in [6, 6.07) is 0. The molecule has 1 saturated heterocycles. The summed E-state index contributed by atoms with van der Waals surface area (Å²) in [7, 11) is 0. The molecular formula is C12H21N3OS. The minimum Gasteiger partial charge on any atom is -0.487 e. The highest BCUT2D eigenvalue weighted by atomic mass is 32.1. The number of aromatic nitrogens is 1. The van der Waals surface area contributed by atoms with Crippen LogP contribution in [0.2, 0.25) is 0 Å². The van der Waals surface area contributed by atoms with Crippen molar-refractivity contribution < 1.29 is 4.74 Å². The van der Waals surface area contributed by atoms with Crippen molar-refractivity contribution in [2.24, 2.45) is 11.8 Å². The number of ether oxygens (including phenoxy) is 1. The van der Waals surface area contributed by atoms with Gasteiger partial charge in [0, 0.05) is 13.1 Å². The van der Waals surface area contributed by atoms with E-state index in [0.29, 0.717) is 12.4 Å². The Kier molecular flexibility index (Phi) is 3.76. The van der Waals surface area contributed by atoms with Crippen LogP contribution in [0.15, 0.2) is 0 Å². The molecule has 5 heteroatoms. The van der Waals surface area contributed by atoms with Crippen LogP contribution in [0.4, 0.5) is 10.8 Å². The van der Waals surface area contributed by atoms with Gasteiger partial charge < -0.3 is 15.4 Å². The van der Waals surface area contributed by atoms with Crippen LogP contribution in [-0.4, -0.2) is 24.1 Å². The summed E-state index contributed by atoms with van der Waals surface area (Å²) in [6.07, 6.45) is 1.25. The van der Waals surface area contributed by atoms with Gasteiger partial charge in [-0.2, -0.15) is 4.37 Å². The Labute approximate surface area is 107 Å². The number of hydrogen-bond acceptors (Lipinski definition) is 5. The van der Waals surface area contributed by atoms with Crippen molar-refractivity contribution in [2.75, 3.05) is 30.3 Å². The maximum atomic E-state index is 5.84. The molecule has 1 aliphatic rings. The topological polar surface area (TPSA) is 51.4 Å². The van der Waals surface area contributed by atoms with Crippen molar-refractivity contribution in [1.29, 1.82) is 0 Å². The van der Waals surface area contributed by atoms with Crippen molar-refractivity contribution in [1.82, 2.24) is 4.37 Å². The summed E-state index contributed by atoms with van der Waals surface area (Å²) < 4.78 is 9.80. The Morgan fingerprint density at radius 1 is 1.59 bits per heavy atom. The molecule has 0 aromatic carbocycles. The molecule has 1 aromatic heterocycles. The van der Waals surface area contributed by atoms with Crippen LogP contribution in [-0.2, 0) is 0 Å². The predicted molar refractivity (Wildman–Crippen MR) is 72.9 cm³/mol. The first-order valence-corrected chi connectivity index (χ1v) is 7.03. The lowest BCUT2D eigenvalue weighted by atomic mass is 9.95. The Morgan fingerprint density at radius 2 is 2.35 bits per heavy atom. The molecule has 0 amide bonds. The molecule has 4 nitrogen and oxygen atoms in total. The zero-order valence-corrected chi connectivity index (χ0v) is 11.6. The molecule has 2 N–H and O–H groups in total. The number of nitrogens with two attached hydrogens (primary N) is 1. The predicted octanol–water partition coefficient (Wildman–Crippen LogP) is 2.61. The van der Waals surface area contributed by atoms with E-state index >= 15 is 0 Å². The molecule has 0 spiro atoms. The van der Waals surface area contributed by atoms with Crippen LogP contribution in [0.25, 0.3) is 0 Å². The highest BCUT2D eigenvalue weighted by Gasteiger charge is 2.29. The third-order valence-electron chi connectivity index (χ3n) is 3.40. The van der Waals surface area contributed by atoms with Gasteiger partial charge in [-0.25, -0.2) is 0 Å². The Hall–Kier alpha value is -0.970. The summed E-state index contributed by atoms with van der Waals surface area (Å²) in [5, 5.41) is 1.10. The molecule has 1 fully saturated rings. The largest absolute Gasteiger partial charge is 0.487 e. The van der Waals surface area contributed by atoms with Crippen molar-refractivity contribution in [2.45, 2.75) is 27.2 Å². The van der Waals surface area contributed by atoms with E-state index in [9.17, 15) is 0 Å². The van der Waals surface area contributed by atoms with Gasteiger partial charge in [0.2, 0.25) is 0 Å². The van der Waals surface area contributed by atoms with E-state index < -0.39 is 0 Å². The Bertz CT molecular complexity index is 378. The number of hydrogen-bond donors (Lipinski definition) is 1. The number of rotatable bonds is 4. The number of nitrogen functional groups attached to an aromatic ring is 1. The van der Waals surface area contributed by atoms with E-state index in [2.05, 4.69) is 23.1 Å². The second-order valence-corrected chi connectivity index (χ2v) is 5.63. The van der Waals surface area contributed by atoms with Crippen molar-refractivity contribution in [3.63, 3.8) is 0 Å². The van der Waals surface area contributed by atoms with Crippen LogP contribution in [0.1, 0.15) is 27.2 Å². The monoisotopic (exact) mass is 255 g/mol. The summed E-state index contributed by atoms with van der Waals surface area (Å²) in [6.45, 7) is 9.38. The van der Waals surface area contributed by atoms with Gasteiger partial charge >= 0.3 is 0 Å². The minimum absolute atomic E-state index is 0.528. The van der Waals surface area contributed by atoms with Crippen LogP contribution in [0.3, 0.4) is 0 Å². The van der Waals surface area contributed by atoms with Crippen LogP contribution in [0.5, 0.6) is 5.75 Å². The molecule has 0 radical (unpaired) electrons. The SMILES string of the molecule is CCOc1c(N)nsc1N1CCC(C(C)C)C1. The first kappa shape index (κ1) is 12.5. The first-order valence-electron chi connectivity index (χ1n) is 6.26. The summed E-state index contributed by atoms with van der Waals surface area (Å²) in [4.78, 5) is 2.36. The summed E-state index contributed by atoms with van der Waals surface area (Å²) >= 11 is 1.45. The van der Waals surface area contributed by atoms with E-state index in [-0.39, 0.29) is 0 Å². The lowest BCUT2D eigenvalue weighted by molar-refractivity contribution is 0.343. The number of nitrogens with zero attached hydrogens (tertiary/aromatic N) is 2. The molecule has 17 heavy (non-hydrogen) atoms. The zero-order valence-electron chi connectivity index (χ0n) is 10.8. The smallest absolute Gasteiger partial charge is 0.197 e. The third-order valence-corrected chi connectivity index (χ3v) is 4.31. The van der Waals surface area contributed by atoms with Gasteiger partial charge in [-0.3, -0.25) is 0 Å².